The molecule has 0 aromatic carbocycles. The van der Waals surface area contributed by atoms with Gasteiger partial charge in [0.05, 0.1) is 0 Å². The Bertz CT molecular complexity index is 1050. The maximum Gasteiger partial charge on any atom is 0.406 e. The first-order valence-electron chi connectivity index (χ1n) is 10.5. The molecule has 1 aliphatic rings. The average molecular weight is 455 g/mol. The van der Waals surface area contributed by atoms with Crippen molar-refractivity contribution >= 4 is 34.2 Å². The number of hydrogen-bond donors (Lipinski definition) is 1. The van der Waals surface area contributed by atoms with E-state index in [1.807, 2.05) is 0 Å². The molecule has 0 radical (unpaired) electrons. The highest BCUT2D eigenvalue weighted by Crippen LogP contribution is 2.31. The summed E-state index contributed by atoms with van der Waals surface area (Å²) in [5.41, 5.74) is -0.250. The number of aromatic nitrogens is 3. The van der Waals surface area contributed by atoms with Crippen molar-refractivity contribution in [3.63, 3.8) is 0 Å². The summed E-state index contributed by atoms with van der Waals surface area (Å²) in [6.45, 7) is 2.69. The zero-order valence-electron chi connectivity index (χ0n) is 17.6. The molecule has 0 saturated heterocycles. The molecule has 2 heterocycles. The van der Waals surface area contributed by atoms with Gasteiger partial charge in [-0.2, -0.15) is 18.2 Å². The van der Waals surface area contributed by atoms with Crippen LogP contribution >= 0.6 is 11.6 Å². The van der Waals surface area contributed by atoms with Gasteiger partial charge >= 0.3 is 6.18 Å². The van der Waals surface area contributed by atoms with Gasteiger partial charge in [0.2, 0.25) is 5.95 Å². The number of pyridine rings is 1. The molecule has 0 saturated carbocycles. The minimum atomic E-state index is -4.58. The van der Waals surface area contributed by atoms with Crippen molar-refractivity contribution in [1.29, 1.82) is 0 Å². The van der Waals surface area contributed by atoms with Crippen molar-refractivity contribution in [1.82, 2.24) is 14.5 Å². The van der Waals surface area contributed by atoms with Gasteiger partial charge in [-0.3, -0.25) is 9.36 Å². The van der Waals surface area contributed by atoms with Crippen LogP contribution in [0.25, 0.3) is 16.6 Å². The molecular formula is C22H26ClF3N4O. The van der Waals surface area contributed by atoms with Gasteiger partial charge in [-0.25, -0.2) is 4.98 Å². The van der Waals surface area contributed by atoms with Gasteiger partial charge < -0.3 is 5.32 Å². The SMILES string of the molecule is CCCC(CCC)Nc1ncc2cc(C3=CCCC=C3Cl)c(=O)n(CC(F)(F)F)c2n1. The summed E-state index contributed by atoms with van der Waals surface area (Å²) in [4.78, 5) is 21.7. The Hall–Kier alpha value is -2.35. The third kappa shape index (κ3) is 5.67. The second kappa shape index (κ2) is 9.85. The van der Waals surface area contributed by atoms with E-state index in [1.165, 1.54) is 12.3 Å². The van der Waals surface area contributed by atoms with E-state index in [9.17, 15) is 18.0 Å². The molecule has 0 fully saturated rings. The second-order valence-electron chi connectivity index (χ2n) is 7.70. The van der Waals surface area contributed by atoms with Crippen LogP contribution in [0.4, 0.5) is 19.1 Å². The largest absolute Gasteiger partial charge is 0.406 e. The normalized spacial score (nSPS) is 14.7. The first-order valence-corrected chi connectivity index (χ1v) is 10.9. The first-order chi connectivity index (χ1) is 14.7. The molecule has 0 amide bonds. The fraction of sp³-hybridized carbons (Fsp3) is 0.500. The molecule has 2 aromatic rings. The van der Waals surface area contributed by atoms with Gasteiger partial charge in [-0.15, -0.1) is 0 Å². The van der Waals surface area contributed by atoms with Crippen molar-refractivity contribution in [2.45, 2.75) is 71.1 Å². The summed E-state index contributed by atoms with van der Waals surface area (Å²) in [5.74, 6) is 0.220. The van der Waals surface area contributed by atoms with E-state index >= 15 is 0 Å². The fourth-order valence-corrected chi connectivity index (χ4v) is 4.09. The van der Waals surface area contributed by atoms with E-state index in [1.54, 1.807) is 12.2 Å². The number of nitrogens with one attached hydrogen (secondary N) is 1. The predicted molar refractivity (Wildman–Crippen MR) is 118 cm³/mol. The Morgan fingerprint density at radius 2 is 1.87 bits per heavy atom. The lowest BCUT2D eigenvalue weighted by Crippen LogP contribution is -2.31. The molecule has 5 nitrogen and oxygen atoms in total. The number of hydrogen-bond acceptors (Lipinski definition) is 4. The molecule has 0 unspecified atom stereocenters. The fourth-order valence-electron chi connectivity index (χ4n) is 3.80. The molecule has 1 aliphatic carbocycles. The van der Waals surface area contributed by atoms with E-state index in [0.717, 1.165) is 32.1 Å². The molecular weight excluding hydrogens is 429 g/mol. The highest BCUT2D eigenvalue weighted by Gasteiger charge is 2.31. The number of halogens is 4. The summed E-state index contributed by atoms with van der Waals surface area (Å²) < 4.78 is 40.7. The Balaban J connectivity index is 2.13. The smallest absolute Gasteiger partial charge is 0.351 e. The van der Waals surface area contributed by atoms with E-state index < -0.39 is 18.3 Å². The number of anilines is 1. The number of fused-ring (bicyclic) bond motifs is 1. The molecule has 0 aliphatic heterocycles. The van der Waals surface area contributed by atoms with Crippen LogP contribution in [0, 0.1) is 0 Å². The Kier molecular flexibility index (Phi) is 7.41. The number of rotatable bonds is 8. The zero-order chi connectivity index (χ0) is 22.6. The molecule has 168 valence electrons. The van der Waals surface area contributed by atoms with E-state index in [4.69, 9.17) is 11.6 Å². The van der Waals surface area contributed by atoms with Gasteiger partial charge in [-0.1, -0.05) is 50.4 Å². The summed E-state index contributed by atoms with van der Waals surface area (Å²) in [6.07, 6.45) is 5.50. The summed E-state index contributed by atoms with van der Waals surface area (Å²) in [6, 6.07) is 1.64. The molecule has 9 heteroatoms. The third-order valence-electron chi connectivity index (χ3n) is 5.16. The average Bonchev–Trinajstić information content (AvgIpc) is 2.70. The van der Waals surface area contributed by atoms with Crippen LogP contribution in [-0.4, -0.2) is 26.8 Å². The van der Waals surface area contributed by atoms with E-state index in [2.05, 4.69) is 29.1 Å². The second-order valence-corrected chi connectivity index (χ2v) is 8.11. The minimum Gasteiger partial charge on any atom is -0.351 e. The summed E-state index contributed by atoms with van der Waals surface area (Å²) in [7, 11) is 0. The molecule has 0 atom stereocenters. The Labute approximate surface area is 184 Å². The van der Waals surface area contributed by atoms with Crippen LogP contribution in [0.3, 0.4) is 0 Å². The van der Waals surface area contributed by atoms with Gasteiger partial charge in [0.1, 0.15) is 12.2 Å². The van der Waals surface area contributed by atoms with Gasteiger partial charge in [-0.05, 0) is 31.7 Å². The van der Waals surface area contributed by atoms with E-state index in [0.29, 0.717) is 27.0 Å². The first kappa shape index (κ1) is 23.3. The van der Waals surface area contributed by atoms with Crippen molar-refractivity contribution < 1.29 is 13.2 Å². The number of alkyl halides is 3. The van der Waals surface area contributed by atoms with Crippen LogP contribution in [0.5, 0.6) is 0 Å². The van der Waals surface area contributed by atoms with Gasteiger partial charge in [0.25, 0.3) is 5.56 Å². The number of nitrogens with zero attached hydrogens (tertiary/aromatic N) is 3. The number of allylic oxidation sites excluding steroid dienone is 4. The monoisotopic (exact) mass is 454 g/mol. The van der Waals surface area contributed by atoms with E-state index in [-0.39, 0.29) is 23.2 Å². The van der Waals surface area contributed by atoms with Crippen LogP contribution in [0.2, 0.25) is 0 Å². The van der Waals surface area contributed by atoms with Crippen LogP contribution < -0.4 is 10.9 Å². The standard InChI is InChI=1S/C22H26ClF3N4O/c1-3-7-15(8-4-2)28-21-27-12-14-11-17(16-9-5-6-10-18(16)23)20(31)30(19(14)29-21)13-22(24,25)26/h9-12,15H,3-8,13H2,1-2H3,(H,27,28,29). The van der Waals surface area contributed by atoms with Crippen molar-refractivity contribution in [3.05, 3.63) is 45.4 Å². The van der Waals surface area contributed by atoms with Crippen LogP contribution in [0.15, 0.2) is 34.2 Å². The van der Waals surface area contributed by atoms with Crippen LogP contribution in [-0.2, 0) is 6.54 Å². The predicted octanol–water partition coefficient (Wildman–Crippen LogP) is 6.03. The quantitative estimate of drug-likeness (QED) is 0.528. The minimum absolute atomic E-state index is 0.0492. The molecule has 0 bridgehead atoms. The highest BCUT2D eigenvalue weighted by molar-refractivity contribution is 6.37. The van der Waals surface area contributed by atoms with Crippen molar-refractivity contribution in [3.8, 4) is 0 Å². The molecule has 0 spiro atoms. The molecule has 1 N–H and O–H groups in total. The molecule has 2 aromatic heterocycles. The summed E-state index contributed by atoms with van der Waals surface area (Å²) >= 11 is 6.25. The third-order valence-corrected chi connectivity index (χ3v) is 5.52. The van der Waals surface area contributed by atoms with Crippen LogP contribution in [0.1, 0.15) is 57.9 Å². The maximum atomic E-state index is 13.3. The highest BCUT2D eigenvalue weighted by atomic mass is 35.5. The van der Waals surface area contributed by atoms with Crippen molar-refractivity contribution in [2.24, 2.45) is 0 Å². The van der Waals surface area contributed by atoms with Gasteiger partial charge in [0.15, 0.2) is 0 Å². The Morgan fingerprint density at radius 3 is 2.48 bits per heavy atom. The lowest BCUT2D eigenvalue weighted by Gasteiger charge is -2.19. The molecule has 3 rings (SSSR count). The molecule has 31 heavy (non-hydrogen) atoms. The summed E-state index contributed by atoms with van der Waals surface area (Å²) in [5, 5.41) is 3.92. The Morgan fingerprint density at radius 1 is 1.19 bits per heavy atom. The van der Waals surface area contributed by atoms with Gasteiger partial charge in [0, 0.05) is 33.8 Å². The maximum absolute atomic E-state index is 13.3. The van der Waals surface area contributed by atoms with Crippen molar-refractivity contribution in [2.75, 3.05) is 5.32 Å². The topological polar surface area (TPSA) is 59.8 Å². The lowest BCUT2D eigenvalue weighted by atomic mass is 9.99. The lowest BCUT2D eigenvalue weighted by molar-refractivity contribution is -0.140. The zero-order valence-corrected chi connectivity index (χ0v) is 18.4.